The number of ether oxygens (including phenoxy) is 2. The number of aromatic amines is 1. The van der Waals surface area contributed by atoms with Crippen LogP contribution in [-0.4, -0.2) is 47.9 Å². The summed E-state index contributed by atoms with van der Waals surface area (Å²) < 4.78 is 10.9. The third kappa shape index (κ3) is 3.40. The van der Waals surface area contributed by atoms with Gasteiger partial charge in [0.2, 0.25) is 0 Å². The van der Waals surface area contributed by atoms with Gasteiger partial charge >= 0.3 is 0 Å². The van der Waals surface area contributed by atoms with E-state index in [-0.39, 0.29) is 6.04 Å². The molecule has 0 fully saturated rings. The first-order chi connectivity index (χ1) is 15.6. The van der Waals surface area contributed by atoms with E-state index in [0.717, 1.165) is 24.1 Å². The average Bonchev–Trinajstić information content (AvgIpc) is 3.28. The summed E-state index contributed by atoms with van der Waals surface area (Å²) in [4.78, 5) is 8.86. The fourth-order valence-electron chi connectivity index (χ4n) is 4.67. The zero-order valence-electron chi connectivity index (χ0n) is 18.2. The molecule has 9 heteroatoms. The van der Waals surface area contributed by atoms with E-state index in [1.54, 1.807) is 20.4 Å². The minimum Gasteiger partial charge on any atom is -0.493 e. The van der Waals surface area contributed by atoms with Crippen molar-refractivity contribution in [3.8, 4) is 11.5 Å². The maximum Gasteiger partial charge on any atom is 0.199 e. The zero-order chi connectivity index (χ0) is 22.2. The number of nitrogens with one attached hydrogen (secondary N) is 1. The molecule has 0 aliphatic carbocycles. The molecule has 3 heterocycles. The van der Waals surface area contributed by atoms with Gasteiger partial charge in [0.15, 0.2) is 23.3 Å². The summed E-state index contributed by atoms with van der Waals surface area (Å²) >= 11 is 0. The lowest BCUT2D eigenvalue weighted by Crippen LogP contribution is -2.56. The summed E-state index contributed by atoms with van der Waals surface area (Å²) in [7, 11) is 3.29. The van der Waals surface area contributed by atoms with Gasteiger partial charge in [-0.2, -0.15) is 10.1 Å². The van der Waals surface area contributed by atoms with Crippen LogP contribution in [0.1, 0.15) is 22.9 Å². The highest BCUT2D eigenvalue weighted by molar-refractivity contribution is 5.84. The van der Waals surface area contributed by atoms with E-state index in [4.69, 9.17) is 20.9 Å². The molecule has 1 aromatic heterocycles. The van der Waals surface area contributed by atoms with Gasteiger partial charge in [-0.3, -0.25) is 5.10 Å². The largest absolute Gasteiger partial charge is 0.493 e. The molecule has 2 aromatic carbocycles. The molecule has 0 spiro atoms. The monoisotopic (exact) mass is 433 g/mol. The highest BCUT2D eigenvalue weighted by atomic mass is 16.5. The van der Waals surface area contributed by atoms with Crippen molar-refractivity contribution >= 4 is 17.5 Å². The molecule has 9 nitrogen and oxygen atoms in total. The van der Waals surface area contributed by atoms with Crippen LogP contribution in [0.3, 0.4) is 0 Å². The second-order valence-electron chi connectivity index (χ2n) is 8.05. The van der Waals surface area contributed by atoms with Gasteiger partial charge in [0.05, 0.1) is 32.0 Å². The number of rotatable bonds is 5. The lowest BCUT2D eigenvalue weighted by atomic mass is 9.95. The molecular formula is C23H27N7O2. The fraction of sp³-hybridized carbons (Fsp3) is 0.304. The zero-order valence-corrected chi connectivity index (χ0v) is 18.2. The topological polar surface area (TPSA) is 118 Å². The number of aromatic nitrogens is 2. The molecule has 5 N–H and O–H groups in total. The number of anilines is 1. The second-order valence-corrected chi connectivity index (χ2v) is 8.05. The van der Waals surface area contributed by atoms with E-state index in [9.17, 15) is 0 Å². The Morgan fingerprint density at radius 1 is 1.12 bits per heavy atom. The van der Waals surface area contributed by atoms with Crippen LogP contribution in [0.15, 0.2) is 53.7 Å². The van der Waals surface area contributed by atoms with E-state index in [0.29, 0.717) is 29.8 Å². The minimum absolute atomic E-state index is 0.0619. The number of hydrogen-bond acceptors (Lipinski definition) is 8. The number of benzene rings is 2. The first-order valence-electron chi connectivity index (χ1n) is 10.5. The molecule has 2 aliphatic heterocycles. The molecule has 0 saturated heterocycles. The predicted molar refractivity (Wildman–Crippen MR) is 123 cm³/mol. The SMILES string of the molecule is COc1ccc(CN2CC(N3C(N)=Nc4[nH]ncc4C3N)Cc3ccccc32)cc1OC. The smallest absolute Gasteiger partial charge is 0.199 e. The van der Waals surface area contributed by atoms with Crippen LogP contribution >= 0.6 is 0 Å². The highest BCUT2D eigenvalue weighted by Gasteiger charge is 2.36. The number of fused-ring (bicyclic) bond motifs is 2. The Balaban J connectivity index is 1.46. The third-order valence-electron chi connectivity index (χ3n) is 6.19. The van der Waals surface area contributed by atoms with Crippen molar-refractivity contribution < 1.29 is 9.47 Å². The molecule has 0 bridgehead atoms. The van der Waals surface area contributed by atoms with E-state index in [2.05, 4.69) is 50.4 Å². The quantitative estimate of drug-likeness (QED) is 0.565. The van der Waals surface area contributed by atoms with Crippen LogP contribution < -0.4 is 25.8 Å². The lowest BCUT2D eigenvalue weighted by molar-refractivity contribution is 0.229. The Labute approximate surface area is 186 Å². The van der Waals surface area contributed by atoms with Crippen molar-refractivity contribution in [1.29, 1.82) is 0 Å². The van der Waals surface area contributed by atoms with Gasteiger partial charge in [0.1, 0.15) is 6.17 Å². The number of methoxy groups -OCH3 is 2. The standard InChI is InChI=1S/C23H27N7O2/c1-31-19-8-7-14(9-20(19)32-2)12-29-13-16(10-15-5-3-4-6-18(15)29)30-21(24)17-11-26-28-22(17)27-23(30)25/h3-9,11,16,21H,10,12-13,24H2,1-2H3,(H3,25,26,27,28). The van der Waals surface area contributed by atoms with Crippen LogP contribution in [0, 0.1) is 0 Å². The van der Waals surface area contributed by atoms with E-state index >= 15 is 0 Å². The Bertz CT molecular complexity index is 1160. The van der Waals surface area contributed by atoms with Crippen molar-refractivity contribution in [2.75, 3.05) is 25.7 Å². The number of hydrogen-bond donors (Lipinski definition) is 3. The third-order valence-corrected chi connectivity index (χ3v) is 6.19. The highest BCUT2D eigenvalue weighted by Crippen LogP contribution is 2.36. The average molecular weight is 434 g/mol. The van der Waals surface area contributed by atoms with E-state index < -0.39 is 6.17 Å². The summed E-state index contributed by atoms with van der Waals surface area (Å²) in [6.45, 7) is 1.47. The first-order valence-corrected chi connectivity index (χ1v) is 10.5. The van der Waals surface area contributed by atoms with Crippen LogP contribution in [0.2, 0.25) is 0 Å². The molecular weight excluding hydrogens is 406 g/mol. The Morgan fingerprint density at radius 2 is 1.94 bits per heavy atom. The fourth-order valence-corrected chi connectivity index (χ4v) is 4.67. The van der Waals surface area contributed by atoms with Gasteiger partial charge in [-0.1, -0.05) is 24.3 Å². The van der Waals surface area contributed by atoms with Gasteiger partial charge in [0.25, 0.3) is 0 Å². The van der Waals surface area contributed by atoms with Crippen LogP contribution in [0.4, 0.5) is 11.5 Å². The number of aliphatic imine (C=N–C) groups is 1. The molecule has 5 rings (SSSR count). The maximum absolute atomic E-state index is 6.60. The van der Waals surface area contributed by atoms with Gasteiger partial charge < -0.3 is 30.7 Å². The Hall–Kier alpha value is -3.72. The molecule has 166 valence electrons. The normalized spacial score (nSPS) is 19.8. The van der Waals surface area contributed by atoms with Gasteiger partial charge in [0, 0.05) is 18.8 Å². The summed E-state index contributed by atoms with van der Waals surface area (Å²) in [6, 6.07) is 14.5. The van der Waals surface area contributed by atoms with Crippen molar-refractivity contribution in [2.45, 2.75) is 25.2 Å². The van der Waals surface area contributed by atoms with Crippen molar-refractivity contribution in [3.63, 3.8) is 0 Å². The Morgan fingerprint density at radius 3 is 2.75 bits per heavy atom. The second kappa shape index (κ2) is 8.08. The molecule has 3 aromatic rings. The van der Waals surface area contributed by atoms with Crippen LogP contribution in [0.5, 0.6) is 11.5 Å². The molecule has 0 radical (unpaired) electrons. The minimum atomic E-state index is -0.403. The number of para-hydroxylation sites is 1. The van der Waals surface area contributed by atoms with E-state index in [1.165, 1.54) is 11.3 Å². The molecule has 2 atom stereocenters. The molecule has 2 aliphatic rings. The number of H-pyrrole nitrogens is 1. The molecule has 0 amide bonds. The van der Waals surface area contributed by atoms with Crippen LogP contribution in [0.25, 0.3) is 0 Å². The van der Waals surface area contributed by atoms with Crippen molar-refractivity contribution in [1.82, 2.24) is 15.1 Å². The van der Waals surface area contributed by atoms with Gasteiger partial charge in [-0.15, -0.1) is 0 Å². The van der Waals surface area contributed by atoms with Crippen LogP contribution in [-0.2, 0) is 13.0 Å². The first kappa shape index (κ1) is 20.2. The lowest BCUT2D eigenvalue weighted by Gasteiger charge is -2.44. The number of guanidine groups is 1. The summed E-state index contributed by atoms with van der Waals surface area (Å²) in [5.74, 6) is 2.47. The summed E-state index contributed by atoms with van der Waals surface area (Å²) in [5.41, 5.74) is 17.4. The van der Waals surface area contributed by atoms with Crippen molar-refractivity contribution in [2.24, 2.45) is 16.5 Å². The molecule has 32 heavy (non-hydrogen) atoms. The number of nitrogens with zero attached hydrogens (tertiary/aromatic N) is 4. The number of nitrogens with two attached hydrogens (primary N) is 2. The Kier molecular flexibility index (Phi) is 5.10. The summed E-state index contributed by atoms with van der Waals surface area (Å²) in [6.07, 6.45) is 2.15. The predicted octanol–water partition coefficient (Wildman–Crippen LogP) is 2.28. The molecule has 0 saturated carbocycles. The summed E-state index contributed by atoms with van der Waals surface area (Å²) in [5, 5.41) is 6.94. The van der Waals surface area contributed by atoms with Crippen molar-refractivity contribution in [3.05, 3.63) is 65.4 Å². The molecule has 2 unspecified atom stereocenters. The van der Waals surface area contributed by atoms with E-state index in [1.807, 2.05) is 17.0 Å². The maximum atomic E-state index is 6.60. The van der Waals surface area contributed by atoms with Gasteiger partial charge in [-0.05, 0) is 35.7 Å². The van der Waals surface area contributed by atoms with Gasteiger partial charge in [-0.25, -0.2) is 0 Å².